The number of fused-ring (bicyclic) bond motifs is 2. The lowest BCUT2D eigenvalue weighted by atomic mass is 9.80. The number of nitrogen functional groups attached to an aromatic ring is 1. The summed E-state index contributed by atoms with van der Waals surface area (Å²) in [7, 11) is 0. The molecule has 3 heteroatoms. The molecular formula is C20H23BrN2. The Labute approximate surface area is 146 Å². The number of halogens is 1. The Morgan fingerprint density at radius 2 is 1.96 bits per heavy atom. The molecule has 3 aliphatic rings. The Bertz CT molecular complexity index is 713. The van der Waals surface area contributed by atoms with Gasteiger partial charge in [0, 0.05) is 29.3 Å². The average molecular weight is 371 g/mol. The van der Waals surface area contributed by atoms with Gasteiger partial charge in [-0.25, -0.2) is 0 Å². The van der Waals surface area contributed by atoms with E-state index in [1.807, 2.05) is 0 Å². The van der Waals surface area contributed by atoms with Gasteiger partial charge < -0.3 is 5.73 Å². The third-order valence-corrected chi connectivity index (χ3v) is 5.88. The van der Waals surface area contributed by atoms with Crippen molar-refractivity contribution in [2.75, 3.05) is 12.3 Å². The molecule has 0 aromatic heterocycles. The lowest BCUT2D eigenvalue weighted by molar-refractivity contribution is 0.0938. The van der Waals surface area contributed by atoms with Crippen molar-refractivity contribution in [1.82, 2.24) is 4.90 Å². The van der Waals surface area contributed by atoms with Crippen LogP contribution in [0.2, 0.25) is 0 Å². The highest BCUT2D eigenvalue weighted by Gasteiger charge is 2.31. The second kappa shape index (κ2) is 6.29. The number of benzene rings is 2. The van der Waals surface area contributed by atoms with Crippen LogP contribution in [0.3, 0.4) is 0 Å². The Hall–Kier alpha value is -1.32. The minimum atomic E-state index is 0.645. The van der Waals surface area contributed by atoms with Gasteiger partial charge in [-0.2, -0.15) is 0 Å². The minimum Gasteiger partial charge on any atom is -0.399 e. The second-order valence-electron chi connectivity index (χ2n) is 7.09. The van der Waals surface area contributed by atoms with Crippen LogP contribution in [0.5, 0.6) is 0 Å². The summed E-state index contributed by atoms with van der Waals surface area (Å²) in [5.74, 6) is 0.779. The molecular weight excluding hydrogens is 348 g/mol. The summed E-state index contributed by atoms with van der Waals surface area (Å²) in [6, 6.07) is 15.9. The lowest BCUT2D eigenvalue weighted by Gasteiger charge is -2.42. The van der Waals surface area contributed by atoms with E-state index in [9.17, 15) is 0 Å². The van der Waals surface area contributed by atoms with Crippen LogP contribution in [0.15, 0.2) is 46.9 Å². The van der Waals surface area contributed by atoms with Crippen LogP contribution in [0.4, 0.5) is 5.69 Å². The Balaban J connectivity index is 1.59. The van der Waals surface area contributed by atoms with E-state index in [1.165, 1.54) is 47.0 Å². The number of nitrogens with two attached hydrogens (primary N) is 1. The lowest BCUT2D eigenvalue weighted by Crippen LogP contribution is -2.46. The van der Waals surface area contributed by atoms with Crippen molar-refractivity contribution in [1.29, 1.82) is 0 Å². The van der Waals surface area contributed by atoms with Gasteiger partial charge in [0.1, 0.15) is 0 Å². The maximum atomic E-state index is 6.03. The van der Waals surface area contributed by atoms with Crippen LogP contribution in [-0.2, 0) is 19.4 Å². The highest BCUT2D eigenvalue weighted by Crippen LogP contribution is 2.33. The largest absolute Gasteiger partial charge is 0.399 e. The summed E-state index contributed by atoms with van der Waals surface area (Å²) in [6.45, 7) is 2.28. The normalized spacial score (nSPS) is 24.0. The Morgan fingerprint density at radius 3 is 2.83 bits per heavy atom. The summed E-state index contributed by atoms with van der Waals surface area (Å²) in [6.07, 6.45) is 5.02. The van der Waals surface area contributed by atoms with E-state index in [-0.39, 0.29) is 0 Å². The first-order chi connectivity index (χ1) is 11.2. The highest BCUT2D eigenvalue weighted by atomic mass is 79.9. The van der Waals surface area contributed by atoms with Gasteiger partial charge in [0.25, 0.3) is 0 Å². The molecule has 0 amide bonds. The van der Waals surface area contributed by atoms with Crippen molar-refractivity contribution in [2.24, 2.45) is 5.92 Å². The van der Waals surface area contributed by atoms with Gasteiger partial charge >= 0.3 is 0 Å². The van der Waals surface area contributed by atoms with E-state index in [1.54, 1.807) is 0 Å². The quantitative estimate of drug-likeness (QED) is 0.793. The van der Waals surface area contributed by atoms with Gasteiger partial charge in [0.15, 0.2) is 0 Å². The number of anilines is 1. The summed E-state index contributed by atoms with van der Waals surface area (Å²) < 4.78 is 1.17. The summed E-state index contributed by atoms with van der Waals surface area (Å²) >= 11 is 3.59. The number of piperidine rings is 1. The molecule has 120 valence electrons. The van der Waals surface area contributed by atoms with Crippen LogP contribution in [0.1, 0.15) is 29.5 Å². The van der Waals surface area contributed by atoms with Crippen molar-refractivity contribution in [3.8, 4) is 0 Å². The van der Waals surface area contributed by atoms with Gasteiger partial charge in [-0.05, 0) is 72.6 Å². The van der Waals surface area contributed by atoms with Crippen molar-refractivity contribution >= 4 is 21.6 Å². The van der Waals surface area contributed by atoms with Crippen LogP contribution in [-0.4, -0.2) is 17.5 Å². The van der Waals surface area contributed by atoms with Crippen molar-refractivity contribution in [2.45, 2.75) is 38.3 Å². The van der Waals surface area contributed by atoms with Crippen LogP contribution >= 0.6 is 15.9 Å². The smallest absolute Gasteiger partial charge is 0.0316 e. The fourth-order valence-electron chi connectivity index (χ4n) is 4.24. The topological polar surface area (TPSA) is 29.3 Å². The zero-order valence-electron chi connectivity index (χ0n) is 13.3. The average Bonchev–Trinajstić information content (AvgIpc) is 2.50. The van der Waals surface area contributed by atoms with Crippen molar-refractivity contribution in [3.63, 3.8) is 0 Å². The summed E-state index contributed by atoms with van der Waals surface area (Å²) in [4.78, 5) is 2.70. The Morgan fingerprint density at radius 1 is 1.04 bits per heavy atom. The van der Waals surface area contributed by atoms with E-state index in [0.717, 1.165) is 24.6 Å². The Kier molecular flexibility index (Phi) is 4.16. The number of hydrogen-bond donors (Lipinski definition) is 1. The number of nitrogens with zero attached hydrogens (tertiary/aromatic N) is 1. The molecule has 2 bridgehead atoms. The zero-order chi connectivity index (χ0) is 15.8. The fraction of sp³-hybridized carbons (Fsp3) is 0.400. The summed E-state index contributed by atoms with van der Waals surface area (Å²) in [5.41, 5.74) is 11.3. The van der Waals surface area contributed by atoms with Gasteiger partial charge in [0.05, 0.1) is 0 Å². The third-order valence-electron chi connectivity index (χ3n) is 5.39. The first-order valence-corrected chi connectivity index (χ1v) is 9.32. The fourth-order valence-corrected chi connectivity index (χ4v) is 4.69. The molecule has 2 aromatic rings. The van der Waals surface area contributed by atoms with Crippen molar-refractivity contribution < 1.29 is 0 Å². The number of hydrogen-bond acceptors (Lipinski definition) is 2. The van der Waals surface area contributed by atoms with Crippen molar-refractivity contribution in [3.05, 3.63) is 63.6 Å². The van der Waals surface area contributed by atoms with E-state index in [4.69, 9.17) is 5.73 Å². The molecule has 2 N–H and O–H groups in total. The van der Waals surface area contributed by atoms with E-state index >= 15 is 0 Å². The molecule has 0 saturated carbocycles. The predicted octanol–water partition coefficient (Wildman–Crippen LogP) is 4.41. The third kappa shape index (κ3) is 3.31. The molecule has 1 saturated heterocycles. The van der Waals surface area contributed by atoms with Crippen LogP contribution in [0, 0.1) is 5.92 Å². The molecule has 2 heterocycles. The standard InChI is InChI=1S/C20H23BrN2/c21-18-3-1-2-14(9-18)12-23-13-15-4-7-20(23)11-17-10-19(22)6-5-16(17)8-15/h1-3,5-6,9-10,15,20H,4,7-8,11-13,22H2. The monoisotopic (exact) mass is 370 g/mol. The second-order valence-corrected chi connectivity index (χ2v) is 8.01. The molecule has 0 radical (unpaired) electrons. The van der Waals surface area contributed by atoms with E-state index in [0.29, 0.717) is 6.04 Å². The first-order valence-electron chi connectivity index (χ1n) is 8.53. The highest BCUT2D eigenvalue weighted by molar-refractivity contribution is 9.10. The summed E-state index contributed by atoms with van der Waals surface area (Å²) in [5, 5.41) is 0. The molecule has 0 spiro atoms. The van der Waals surface area contributed by atoms with Gasteiger partial charge in [-0.1, -0.05) is 34.1 Å². The van der Waals surface area contributed by atoms with Gasteiger partial charge in [-0.15, -0.1) is 0 Å². The molecule has 2 atom stereocenters. The SMILES string of the molecule is Nc1ccc2c(c1)CC1CCC(C2)CN1Cc1cccc(Br)c1. The molecule has 23 heavy (non-hydrogen) atoms. The molecule has 5 rings (SSSR count). The minimum absolute atomic E-state index is 0.645. The molecule has 2 nitrogen and oxygen atoms in total. The molecule has 2 aliphatic heterocycles. The molecule has 1 fully saturated rings. The van der Waals surface area contributed by atoms with Crippen LogP contribution < -0.4 is 5.73 Å². The van der Waals surface area contributed by atoms with Gasteiger partial charge in [-0.3, -0.25) is 4.90 Å². The van der Waals surface area contributed by atoms with E-state index < -0.39 is 0 Å². The van der Waals surface area contributed by atoms with Crippen LogP contribution in [0.25, 0.3) is 0 Å². The maximum Gasteiger partial charge on any atom is 0.0316 e. The van der Waals surface area contributed by atoms with E-state index in [2.05, 4.69) is 63.3 Å². The number of rotatable bonds is 2. The molecule has 2 unspecified atom stereocenters. The van der Waals surface area contributed by atoms with Gasteiger partial charge in [0.2, 0.25) is 0 Å². The first kappa shape index (κ1) is 15.2. The zero-order valence-corrected chi connectivity index (χ0v) is 14.9. The maximum absolute atomic E-state index is 6.03. The molecule has 2 aromatic carbocycles. The molecule has 1 aliphatic carbocycles. The predicted molar refractivity (Wildman–Crippen MR) is 99.3 cm³/mol.